The lowest BCUT2D eigenvalue weighted by atomic mass is 10.3. The molecule has 0 fully saturated rings. The van der Waals surface area contributed by atoms with Gasteiger partial charge in [0, 0.05) is 16.3 Å². The Labute approximate surface area is 128 Å². The van der Waals surface area contributed by atoms with E-state index >= 15 is 0 Å². The number of sulfonamides is 1. The molecular weight excluding hydrogens is 368 g/mol. The summed E-state index contributed by atoms with van der Waals surface area (Å²) >= 11 is 6.13. The third kappa shape index (κ3) is 4.11. The Morgan fingerprint density at radius 3 is 2.53 bits per heavy atom. The Morgan fingerprint density at radius 1 is 1.16 bits per heavy atom. The summed E-state index contributed by atoms with van der Waals surface area (Å²) in [5.74, 6) is 0. The number of hydrogen-bond donors (Lipinski definition) is 2. The van der Waals surface area contributed by atoms with Crippen molar-refractivity contribution in [3.05, 3.63) is 37.8 Å². The van der Waals surface area contributed by atoms with Crippen LogP contribution >= 0.6 is 38.6 Å². The highest BCUT2D eigenvalue weighted by atomic mass is 79.9. The van der Waals surface area contributed by atoms with Crippen LogP contribution in [0.5, 0.6) is 0 Å². The quantitative estimate of drug-likeness (QED) is 0.808. The third-order valence-electron chi connectivity index (χ3n) is 2.36. The summed E-state index contributed by atoms with van der Waals surface area (Å²) in [4.78, 5) is 1.95. The highest BCUT2D eigenvalue weighted by Crippen LogP contribution is 2.24. The van der Waals surface area contributed by atoms with Gasteiger partial charge in [-0.25, -0.2) is 13.1 Å². The standard InChI is InChI=1S/C11H13BrN2O2S3/c12-10-3-1-9(17-10)7-14-19(15,16)11-4-2-8(18-11)5-6-13/h1-4,14H,5-7,13H2. The molecule has 0 unspecified atom stereocenters. The molecule has 0 aromatic carbocycles. The second kappa shape index (κ2) is 6.47. The molecule has 0 saturated heterocycles. The van der Waals surface area contributed by atoms with E-state index in [4.69, 9.17) is 5.73 Å². The molecule has 0 radical (unpaired) electrons. The van der Waals surface area contributed by atoms with Crippen molar-refractivity contribution in [1.82, 2.24) is 4.72 Å². The summed E-state index contributed by atoms with van der Waals surface area (Å²) < 4.78 is 28.1. The van der Waals surface area contributed by atoms with Crippen molar-refractivity contribution in [3.8, 4) is 0 Å². The normalized spacial score (nSPS) is 11.9. The Bertz CT molecular complexity index is 648. The molecule has 2 heterocycles. The van der Waals surface area contributed by atoms with Crippen LogP contribution in [-0.2, 0) is 23.0 Å². The lowest BCUT2D eigenvalue weighted by Crippen LogP contribution is -2.21. The number of rotatable bonds is 6. The van der Waals surface area contributed by atoms with Gasteiger partial charge >= 0.3 is 0 Å². The minimum atomic E-state index is -3.43. The molecule has 0 aliphatic carbocycles. The van der Waals surface area contributed by atoms with E-state index in [1.165, 1.54) is 22.7 Å². The maximum absolute atomic E-state index is 12.1. The topological polar surface area (TPSA) is 72.2 Å². The molecule has 2 aromatic rings. The van der Waals surface area contributed by atoms with Gasteiger partial charge in [0.1, 0.15) is 4.21 Å². The first-order chi connectivity index (χ1) is 9.01. The zero-order valence-electron chi connectivity index (χ0n) is 9.93. The van der Waals surface area contributed by atoms with E-state index in [1.807, 2.05) is 18.2 Å². The smallest absolute Gasteiger partial charge is 0.250 e. The number of nitrogens with two attached hydrogens (primary N) is 1. The summed E-state index contributed by atoms with van der Waals surface area (Å²) in [5, 5.41) is 0. The molecule has 0 saturated carbocycles. The maximum Gasteiger partial charge on any atom is 0.250 e. The lowest BCUT2D eigenvalue weighted by molar-refractivity contribution is 0.584. The molecule has 0 bridgehead atoms. The first kappa shape index (κ1) is 15.1. The number of nitrogens with one attached hydrogen (secondary N) is 1. The van der Waals surface area contributed by atoms with Gasteiger partial charge in [-0.2, -0.15) is 0 Å². The number of hydrogen-bond acceptors (Lipinski definition) is 5. The van der Waals surface area contributed by atoms with Gasteiger partial charge in [-0.15, -0.1) is 22.7 Å². The maximum atomic E-state index is 12.1. The SMILES string of the molecule is NCCc1ccc(S(=O)(=O)NCc2ccc(Br)s2)s1. The molecule has 8 heteroatoms. The third-order valence-corrected chi connectivity index (χ3v) is 7.02. The molecule has 0 aliphatic heterocycles. The van der Waals surface area contributed by atoms with E-state index < -0.39 is 10.0 Å². The molecule has 2 rings (SSSR count). The van der Waals surface area contributed by atoms with Crippen LogP contribution in [0.4, 0.5) is 0 Å². The van der Waals surface area contributed by atoms with Gasteiger partial charge in [0.25, 0.3) is 0 Å². The van der Waals surface area contributed by atoms with Crippen LogP contribution in [0.25, 0.3) is 0 Å². The average Bonchev–Trinajstić information content (AvgIpc) is 2.97. The molecule has 0 aliphatic rings. The number of halogens is 1. The van der Waals surface area contributed by atoms with Gasteiger partial charge in [0.2, 0.25) is 10.0 Å². The first-order valence-corrected chi connectivity index (χ1v) is 9.45. The molecule has 19 heavy (non-hydrogen) atoms. The van der Waals surface area contributed by atoms with Crippen molar-refractivity contribution >= 4 is 48.6 Å². The van der Waals surface area contributed by atoms with Crippen LogP contribution in [0.1, 0.15) is 9.75 Å². The molecule has 2 aromatic heterocycles. The second-order valence-electron chi connectivity index (χ2n) is 3.79. The van der Waals surface area contributed by atoms with Gasteiger partial charge in [-0.05, 0) is 53.2 Å². The minimum Gasteiger partial charge on any atom is -0.330 e. The van der Waals surface area contributed by atoms with Crippen LogP contribution in [0.15, 0.2) is 32.3 Å². The molecule has 4 nitrogen and oxygen atoms in total. The van der Waals surface area contributed by atoms with E-state index in [0.29, 0.717) is 23.7 Å². The van der Waals surface area contributed by atoms with Gasteiger partial charge < -0.3 is 5.73 Å². The van der Waals surface area contributed by atoms with Gasteiger partial charge in [-0.1, -0.05) is 0 Å². The monoisotopic (exact) mass is 380 g/mol. The first-order valence-electron chi connectivity index (χ1n) is 5.54. The zero-order chi connectivity index (χ0) is 13.9. The molecule has 3 N–H and O–H groups in total. The predicted octanol–water partition coefficient (Wildman–Crippen LogP) is 2.55. The van der Waals surface area contributed by atoms with Gasteiger partial charge in [0.05, 0.1) is 3.79 Å². The fourth-order valence-corrected chi connectivity index (χ4v) is 5.40. The van der Waals surface area contributed by atoms with Gasteiger partial charge in [0.15, 0.2) is 0 Å². The highest BCUT2D eigenvalue weighted by Gasteiger charge is 2.16. The summed E-state index contributed by atoms with van der Waals surface area (Å²) in [5.41, 5.74) is 5.45. The number of thiophene rings is 2. The summed E-state index contributed by atoms with van der Waals surface area (Å²) in [6.45, 7) is 0.833. The Morgan fingerprint density at radius 2 is 1.89 bits per heavy atom. The summed E-state index contributed by atoms with van der Waals surface area (Å²) in [7, 11) is -3.43. The van der Waals surface area contributed by atoms with Crippen LogP contribution in [0, 0.1) is 0 Å². The van der Waals surface area contributed by atoms with Crippen molar-refractivity contribution in [2.45, 2.75) is 17.2 Å². The molecule has 0 amide bonds. The van der Waals surface area contributed by atoms with Crippen LogP contribution in [0.3, 0.4) is 0 Å². The van der Waals surface area contributed by atoms with Crippen LogP contribution < -0.4 is 10.5 Å². The predicted molar refractivity (Wildman–Crippen MR) is 83.1 cm³/mol. The molecular formula is C11H13BrN2O2S3. The van der Waals surface area contributed by atoms with Crippen molar-refractivity contribution in [2.24, 2.45) is 5.73 Å². The van der Waals surface area contributed by atoms with E-state index in [2.05, 4.69) is 20.7 Å². The van der Waals surface area contributed by atoms with E-state index in [-0.39, 0.29) is 0 Å². The van der Waals surface area contributed by atoms with Crippen molar-refractivity contribution in [1.29, 1.82) is 0 Å². The Hall–Kier alpha value is -0.250. The van der Waals surface area contributed by atoms with Crippen molar-refractivity contribution in [2.75, 3.05) is 6.54 Å². The molecule has 0 atom stereocenters. The largest absolute Gasteiger partial charge is 0.330 e. The molecule has 0 spiro atoms. The minimum absolute atomic E-state index is 0.308. The summed E-state index contributed by atoms with van der Waals surface area (Å²) in [6.07, 6.45) is 0.706. The Balaban J connectivity index is 2.04. The van der Waals surface area contributed by atoms with E-state index in [0.717, 1.165) is 13.5 Å². The van der Waals surface area contributed by atoms with E-state index in [9.17, 15) is 8.42 Å². The zero-order valence-corrected chi connectivity index (χ0v) is 14.0. The van der Waals surface area contributed by atoms with Crippen LogP contribution in [0.2, 0.25) is 0 Å². The fraction of sp³-hybridized carbons (Fsp3) is 0.273. The van der Waals surface area contributed by atoms with Crippen molar-refractivity contribution in [3.63, 3.8) is 0 Å². The average molecular weight is 381 g/mol. The van der Waals surface area contributed by atoms with E-state index in [1.54, 1.807) is 6.07 Å². The molecule has 104 valence electrons. The van der Waals surface area contributed by atoms with Crippen LogP contribution in [-0.4, -0.2) is 15.0 Å². The fourth-order valence-electron chi connectivity index (χ4n) is 1.46. The second-order valence-corrected chi connectivity index (χ2v) is 9.50. The van der Waals surface area contributed by atoms with Gasteiger partial charge in [-0.3, -0.25) is 0 Å². The Kier molecular flexibility index (Phi) is 5.15. The summed E-state index contributed by atoms with van der Waals surface area (Å²) in [6, 6.07) is 7.24. The van der Waals surface area contributed by atoms with Crippen molar-refractivity contribution < 1.29 is 8.42 Å². The highest BCUT2D eigenvalue weighted by molar-refractivity contribution is 9.11. The lowest BCUT2D eigenvalue weighted by Gasteiger charge is -2.02.